The molecule has 2 heteroatoms. The molecule has 0 fully saturated rings. The highest BCUT2D eigenvalue weighted by Crippen LogP contribution is 2.12. The van der Waals surface area contributed by atoms with Crippen molar-refractivity contribution in [1.82, 2.24) is 4.57 Å². The molecule has 0 radical (unpaired) electrons. The first-order chi connectivity index (χ1) is 6.20. The van der Waals surface area contributed by atoms with Crippen molar-refractivity contribution in [1.29, 1.82) is 0 Å². The third-order valence-electron chi connectivity index (χ3n) is 2.46. The SMILES string of the molecule is Cn1c([Si+](C)C)cc2ccccc21. The standard InChI is InChI=1S/C11H14NSi/c1-12-10-7-5-4-6-9(10)8-11(12)13(2)3/h4-8H,1-3H3/q+1. The molecule has 0 aliphatic rings. The van der Waals surface area contributed by atoms with Crippen molar-refractivity contribution in [3.8, 4) is 0 Å². The fraction of sp³-hybridized carbons (Fsp3) is 0.273. The molecule has 0 bridgehead atoms. The molecular formula is C11H14NSi+. The normalized spacial score (nSPS) is 10.7. The molecule has 1 nitrogen and oxygen atoms in total. The summed E-state index contributed by atoms with van der Waals surface area (Å²) >= 11 is 0. The van der Waals surface area contributed by atoms with Crippen LogP contribution in [0.3, 0.4) is 0 Å². The Morgan fingerprint density at radius 2 is 1.85 bits per heavy atom. The van der Waals surface area contributed by atoms with Gasteiger partial charge in [-0.3, -0.25) is 0 Å². The van der Waals surface area contributed by atoms with Crippen LogP contribution in [-0.2, 0) is 7.05 Å². The fourth-order valence-corrected chi connectivity index (χ4v) is 3.00. The molecular weight excluding hydrogens is 174 g/mol. The molecule has 0 N–H and O–H groups in total. The highest BCUT2D eigenvalue weighted by Gasteiger charge is 2.21. The van der Waals surface area contributed by atoms with Crippen molar-refractivity contribution in [2.45, 2.75) is 13.1 Å². The second-order valence-electron chi connectivity index (χ2n) is 3.65. The van der Waals surface area contributed by atoms with Gasteiger partial charge in [0.1, 0.15) is 0 Å². The number of nitrogens with zero attached hydrogens (tertiary/aromatic N) is 1. The topological polar surface area (TPSA) is 4.93 Å². The molecule has 0 spiro atoms. The quantitative estimate of drug-likeness (QED) is 0.604. The Morgan fingerprint density at radius 3 is 2.46 bits per heavy atom. The average Bonchev–Trinajstić information content (AvgIpc) is 2.45. The van der Waals surface area contributed by atoms with E-state index in [4.69, 9.17) is 0 Å². The van der Waals surface area contributed by atoms with Crippen LogP contribution in [0.4, 0.5) is 0 Å². The summed E-state index contributed by atoms with van der Waals surface area (Å²) in [7, 11) is 1.82. The largest absolute Gasteiger partial charge is 0.364 e. The summed E-state index contributed by atoms with van der Waals surface area (Å²) in [6, 6.07) is 10.9. The van der Waals surface area contributed by atoms with E-state index in [9.17, 15) is 0 Å². The van der Waals surface area contributed by atoms with Crippen molar-refractivity contribution in [2.24, 2.45) is 7.05 Å². The maximum atomic E-state index is 2.33. The zero-order valence-electron chi connectivity index (χ0n) is 8.33. The van der Waals surface area contributed by atoms with Crippen LogP contribution in [0, 0.1) is 0 Å². The van der Waals surface area contributed by atoms with Gasteiger partial charge >= 0.3 is 8.80 Å². The highest BCUT2D eigenvalue weighted by atomic mass is 28.3. The lowest BCUT2D eigenvalue weighted by molar-refractivity contribution is 0.999. The summed E-state index contributed by atoms with van der Waals surface area (Å²) in [5, 5.41) is 2.87. The van der Waals surface area contributed by atoms with Crippen LogP contribution < -0.4 is 5.32 Å². The molecule has 2 aromatic rings. The van der Waals surface area contributed by atoms with Crippen LogP contribution in [0.2, 0.25) is 13.1 Å². The first kappa shape index (κ1) is 8.57. The van der Waals surface area contributed by atoms with Crippen molar-refractivity contribution in [3.63, 3.8) is 0 Å². The Kier molecular flexibility index (Phi) is 2.00. The molecule has 0 aliphatic heterocycles. The van der Waals surface area contributed by atoms with Gasteiger partial charge in [-0.15, -0.1) is 0 Å². The number of rotatable bonds is 1. The zero-order valence-corrected chi connectivity index (χ0v) is 9.33. The van der Waals surface area contributed by atoms with E-state index >= 15 is 0 Å². The number of aryl methyl sites for hydroxylation is 1. The van der Waals surface area contributed by atoms with E-state index in [0.29, 0.717) is 0 Å². The number of benzene rings is 1. The maximum Gasteiger partial charge on any atom is 0.364 e. The number of para-hydroxylation sites is 1. The third kappa shape index (κ3) is 1.31. The predicted molar refractivity (Wildman–Crippen MR) is 60.0 cm³/mol. The van der Waals surface area contributed by atoms with E-state index in [0.717, 1.165) is 0 Å². The second-order valence-corrected chi connectivity index (χ2v) is 6.16. The Bertz CT molecular complexity index is 429. The van der Waals surface area contributed by atoms with Gasteiger partial charge in [0.2, 0.25) is 0 Å². The fourth-order valence-electron chi connectivity index (χ4n) is 1.77. The minimum absolute atomic E-state index is 0.340. The van der Waals surface area contributed by atoms with E-state index in [1.165, 1.54) is 16.2 Å². The Morgan fingerprint density at radius 1 is 1.15 bits per heavy atom. The lowest BCUT2D eigenvalue weighted by Crippen LogP contribution is -2.28. The molecule has 0 amide bonds. The summed E-state index contributed by atoms with van der Waals surface area (Å²) in [4.78, 5) is 0. The molecule has 1 aromatic carbocycles. The third-order valence-corrected chi connectivity index (χ3v) is 3.97. The van der Waals surface area contributed by atoms with Crippen LogP contribution in [0.15, 0.2) is 30.3 Å². The highest BCUT2D eigenvalue weighted by molar-refractivity contribution is 6.70. The molecule has 13 heavy (non-hydrogen) atoms. The van der Waals surface area contributed by atoms with Crippen LogP contribution in [0.1, 0.15) is 0 Å². The van der Waals surface area contributed by atoms with Gasteiger partial charge in [-0.25, -0.2) is 0 Å². The molecule has 1 heterocycles. The Hall–Kier alpha value is -1.02. The minimum Gasteiger partial charge on any atom is -0.322 e. The van der Waals surface area contributed by atoms with Gasteiger partial charge in [-0.1, -0.05) is 18.2 Å². The Balaban J connectivity index is 2.74. The average molecular weight is 188 g/mol. The summed E-state index contributed by atoms with van der Waals surface area (Å²) in [6.45, 7) is 4.66. The van der Waals surface area contributed by atoms with E-state index < -0.39 is 0 Å². The predicted octanol–water partition coefficient (Wildman–Crippen LogP) is 2.14. The van der Waals surface area contributed by atoms with Gasteiger partial charge in [0, 0.05) is 12.4 Å². The van der Waals surface area contributed by atoms with E-state index in [1.807, 2.05) is 0 Å². The summed E-state index contributed by atoms with van der Waals surface area (Å²) in [5.74, 6) is 0. The van der Waals surface area contributed by atoms with Crippen LogP contribution in [0.25, 0.3) is 10.9 Å². The molecule has 66 valence electrons. The van der Waals surface area contributed by atoms with Crippen LogP contribution in [-0.4, -0.2) is 13.4 Å². The van der Waals surface area contributed by atoms with Gasteiger partial charge in [0.25, 0.3) is 0 Å². The summed E-state index contributed by atoms with van der Waals surface area (Å²) < 4.78 is 2.32. The van der Waals surface area contributed by atoms with Gasteiger partial charge in [-0.2, -0.15) is 0 Å². The molecule has 0 saturated heterocycles. The smallest absolute Gasteiger partial charge is 0.322 e. The zero-order chi connectivity index (χ0) is 9.42. The van der Waals surface area contributed by atoms with Crippen molar-refractivity contribution in [3.05, 3.63) is 30.3 Å². The van der Waals surface area contributed by atoms with Crippen molar-refractivity contribution in [2.75, 3.05) is 0 Å². The van der Waals surface area contributed by atoms with Gasteiger partial charge in [0.05, 0.1) is 18.6 Å². The molecule has 1 aromatic heterocycles. The molecule has 0 aliphatic carbocycles. The number of hydrogen-bond donors (Lipinski definition) is 0. The van der Waals surface area contributed by atoms with Gasteiger partial charge in [-0.05, 0) is 12.1 Å². The maximum absolute atomic E-state index is 2.33. The molecule has 0 atom stereocenters. The molecule has 0 unspecified atom stereocenters. The van der Waals surface area contributed by atoms with E-state index in [2.05, 4.69) is 55.0 Å². The minimum atomic E-state index is -0.340. The number of fused-ring (bicyclic) bond motifs is 1. The summed E-state index contributed by atoms with van der Waals surface area (Å²) in [5.41, 5.74) is 1.35. The van der Waals surface area contributed by atoms with Crippen LogP contribution in [0.5, 0.6) is 0 Å². The van der Waals surface area contributed by atoms with Crippen LogP contribution >= 0.6 is 0 Å². The second kappa shape index (κ2) is 3.03. The number of aromatic nitrogens is 1. The van der Waals surface area contributed by atoms with E-state index in [1.54, 1.807) is 0 Å². The van der Waals surface area contributed by atoms with Crippen molar-refractivity contribution >= 4 is 25.0 Å². The lowest BCUT2D eigenvalue weighted by Gasteiger charge is -1.96. The molecule has 0 saturated carbocycles. The monoisotopic (exact) mass is 188 g/mol. The summed E-state index contributed by atoms with van der Waals surface area (Å²) in [6.07, 6.45) is 0. The molecule has 2 rings (SSSR count). The number of hydrogen-bond acceptors (Lipinski definition) is 0. The van der Waals surface area contributed by atoms with E-state index in [-0.39, 0.29) is 8.80 Å². The first-order valence-electron chi connectivity index (χ1n) is 4.55. The lowest BCUT2D eigenvalue weighted by atomic mass is 10.2. The Labute approximate surface area is 80.6 Å². The van der Waals surface area contributed by atoms with Gasteiger partial charge in [0.15, 0.2) is 5.32 Å². The first-order valence-corrected chi connectivity index (χ1v) is 7.05. The van der Waals surface area contributed by atoms with Crippen molar-refractivity contribution < 1.29 is 0 Å². The van der Waals surface area contributed by atoms with Gasteiger partial charge < -0.3 is 4.57 Å².